The van der Waals surface area contributed by atoms with E-state index in [0.717, 1.165) is 25.7 Å². The van der Waals surface area contributed by atoms with Gasteiger partial charge in [0.25, 0.3) is 5.91 Å². The molecule has 1 fully saturated rings. The van der Waals surface area contributed by atoms with Gasteiger partial charge in [0.15, 0.2) is 5.78 Å². The van der Waals surface area contributed by atoms with E-state index in [1.165, 1.54) is 24.0 Å². The van der Waals surface area contributed by atoms with Gasteiger partial charge in [0.1, 0.15) is 6.54 Å². The van der Waals surface area contributed by atoms with Crippen molar-refractivity contribution in [1.29, 1.82) is 0 Å². The molecule has 6 heteroatoms. The molecule has 1 aromatic rings. The fourth-order valence-electron chi connectivity index (χ4n) is 2.93. The topological polar surface area (TPSA) is 101 Å². The summed E-state index contributed by atoms with van der Waals surface area (Å²) in [5.74, 6) is -1.75. The lowest BCUT2D eigenvalue weighted by atomic mass is 10.0. The first-order chi connectivity index (χ1) is 10.4. The highest BCUT2D eigenvalue weighted by Crippen LogP contribution is 2.26. The van der Waals surface area contributed by atoms with E-state index in [1.54, 1.807) is 6.07 Å². The molecular weight excluding hydrogens is 284 g/mol. The number of hydrogen-bond donors (Lipinski definition) is 2. The summed E-state index contributed by atoms with van der Waals surface area (Å²) in [5, 5.41) is 9.09. The Morgan fingerprint density at radius 1 is 1.23 bits per heavy atom. The standard InChI is InChI=1S/C16H20N2O4/c1-10(19)13-7-6-11(17)8-14(13)16(22)18(9-15(20)21)12-4-2-3-5-12/h6-8,12H,2-5,9,17H2,1H3,(H,20,21). The van der Waals surface area contributed by atoms with Crippen LogP contribution >= 0.6 is 0 Å². The quantitative estimate of drug-likeness (QED) is 0.639. The summed E-state index contributed by atoms with van der Waals surface area (Å²) in [6.07, 6.45) is 3.53. The molecule has 1 aromatic carbocycles. The van der Waals surface area contributed by atoms with E-state index >= 15 is 0 Å². The Morgan fingerprint density at radius 3 is 2.41 bits per heavy atom. The summed E-state index contributed by atoms with van der Waals surface area (Å²) in [6, 6.07) is 4.43. The van der Waals surface area contributed by atoms with Gasteiger partial charge in [-0.2, -0.15) is 0 Å². The van der Waals surface area contributed by atoms with Crippen molar-refractivity contribution in [3.63, 3.8) is 0 Å². The molecule has 1 aliphatic rings. The third-order valence-electron chi connectivity index (χ3n) is 3.99. The van der Waals surface area contributed by atoms with Crippen LogP contribution in [0.4, 0.5) is 5.69 Å². The van der Waals surface area contributed by atoms with Gasteiger partial charge in [0.2, 0.25) is 0 Å². The van der Waals surface area contributed by atoms with Crippen LogP contribution in [0.15, 0.2) is 18.2 Å². The molecule has 3 N–H and O–H groups in total. The van der Waals surface area contributed by atoms with Crippen LogP contribution in [-0.4, -0.2) is 40.3 Å². The van der Waals surface area contributed by atoms with Crippen LogP contribution in [0.25, 0.3) is 0 Å². The third kappa shape index (κ3) is 3.44. The lowest BCUT2D eigenvalue weighted by Crippen LogP contribution is -2.42. The van der Waals surface area contributed by atoms with Crippen LogP contribution in [0.3, 0.4) is 0 Å². The fourth-order valence-corrected chi connectivity index (χ4v) is 2.93. The first-order valence-electron chi connectivity index (χ1n) is 7.33. The number of anilines is 1. The molecule has 0 aliphatic heterocycles. The van der Waals surface area contributed by atoms with Crippen molar-refractivity contribution in [2.75, 3.05) is 12.3 Å². The van der Waals surface area contributed by atoms with Gasteiger partial charge in [-0.1, -0.05) is 12.8 Å². The zero-order valence-corrected chi connectivity index (χ0v) is 12.5. The normalized spacial score (nSPS) is 14.8. The van der Waals surface area contributed by atoms with Crippen LogP contribution in [0, 0.1) is 0 Å². The summed E-state index contributed by atoms with van der Waals surface area (Å²) in [7, 11) is 0. The first-order valence-corrected chi connectivity index (χ1v) is 7.33. The molecule has 1 saturated carbocycles. The molecule has 2 rings (SSSR count). The molecule has 0 radical (unpaired) electrons. The lowest BCUT2D eigenvalue weighted by Gasteiger charge is -2.28. The number of nitrogen functional groups attached to an aromatic ring is 1. The van der Waals surface area contributed by atoms with Crippen molar-refractivity contribution in [2.45, 2.75) is 38.6 Å². The number of rotatable bonds is 5. The number of ketones is 1. The highest BCUT2D eigenvalue weighted by atomic mass is 16.4. The second-order valence-electron chi connectivity index (χ2n) is 5.63. The number of benzene rings is 1. The molecule has 0 heterocycles. The monoisotopic (exact) mass is 304 g/mol. The van der Waals surface area contributed by atoms with Gasteiger partial charge >= 0.3 is 5.97 Å². The Morgan fingerprint density at radius 2 is 1.86 bits per heavy atom. The second kappa shape index (κ2) is 6.60. The number of aliphatic carboxylic acids is 1. The molecule has 1 amide bonds. The number of amides is 1. The van der Waals surface area contributed by atoms with Crippen molar-refractivity contribution in [1.82, 2.24) is 4.90 Å². The largest absolute Gasteiger partial charge is 0.480 e. The van der Waals surface area contributed by atoms with Crippen LogP contribution < -0.4 is 5.73 Å². The van der Waals surface area contributed by atoms with E-state index in [-0.39, 0.29) is 29.5 Å². The Kier molecular flexibility index (Phi) is 4.80. The molecule has 0 spiro atoms. The summed E-state index contributed by atoms with van der Waals surface area (Å²) < 4.78 is 0. The van der Waals surface area contributed by atoms with E-state index in [1.807, 2.05) is 0 Å². The predicted octanol–water partition coefficient (Wildman–Crippen LogP) is 1.94. The molecular formula is C16H20N2O4. The van der Waals surface area contributed by atoms with Crippen LogP contribution in [0.2, 0.25) is 0 Å². The van der Waals surface area contributed by atoms with Gasteiger partial charge in [-0.25, -0.2) is 0 Å². The van der Waals surface area contributed by atoms with Crippen molar-refractivity contribution in [2.24, 2.45) is 0 Å². The number of carbonyl (C=O) groups is 3. The summed E-state index contributed by atoms with van der Waals surface area (Å²) in [6.45, 7) is 1.01. The molecule has 0 saturated heterocycles. The average Bonchev–Trinajstić information content (AvgIpc) is 2.97. The maximum absolute atomic E-state index is 12.8. The van der Waals surface area contributed by atoms with Crippen molar-refractivity contribution in [3.8, 4) is 0 Å². The van der Waals surface area contributed by atoms with Crippen molar-refractivity contribution >= 4 is 23.3 Å². The molecule has 0 bridgehead atoms. The number of carbonyl (C=O) groups excluding carboxylic acids is 2. The van der Waals surface area contributed by atoms with E-state index in [4.69, 9.17) is 10.8 Å². The zero-order valence-electron chi connectivity index (χ0n) is 12.5. The van der Waals surface area contributed by atoms with Gasteiger partial charge in [-0.15, -0.1) is 0 Å². The molecule has 0 atom stereocenters. The number of nitrogens with zero attached hydrogens (tertiary/aromatic N) is 1. The molecule has 0 unspecified atom stereocenters. The van der Waals surface area contributed by atoms with Crippen LogP contribution in [0.5, 0.6) is 0 Å². The average molecular weight is 304 g/mol. The van der Waals surface area contributed by atoms with E-state index in [0.29, 0.717) is 5.69 Å². The van der Waals surface area contributed by atoms with Gasteiger partial charge in [0.05, 0.1) is 5.56 Å². The number of carboxylic acids is 1. The summed E-state index contributed by atoms with van der Waals surface area (Å²) in [5.41, 5.74) is 6.54. The maximum atomic E-state index is 12.8. The lowest BCUT2D eigenvalue weighted by molar-refractivity contribution is -0.138. The Balaban J connectivity index is 2.39. The smallest absolute Gasteiger partial charge is 0.323 e. The minimum absolute atomic E-state index is 0.0927. The number of hydrogen-bond acceptors (Lipinski definition) is 4. The predicted molar refractivity (Wildman–Crippen MR) is 81.8 cm³/mol. The van der Waals surface area contributed by atoms with E-state index in [9.17, 15) is 14.4 Å². The first kappa shape index (κ1) is 16.0. The van der Waals surface area contributed by atoms with Crippen LogP contribution in [-0.2, 0) is 4.79 Å². The van der Waals surface area contributed by atoms with Gasteiger partial charge in [-0.3, -0.25) is 14.4 Å². The minimum Gasteiger partial charge on any atom is -0.480 e. The maximum Gasteiger partial charge on any atom is 0.323 e. The summed E-state index contributed by atoms with van der Waals surface area (Å²) >= 11 is 0. The Hall–Kier alpha value is -2.37. The molecule has 22 heavy (non-hydrogen) atoms. The van der Waals surface area contributed by atoms with E-state index in [2.05, 4.69) is 0 Å². The Labute approximate surface area is 128 Å². The minimum atomic E-state index is -1.06. The molecule has 118 valence electrons. The van der Waals surface area contributed by atoms with Gasteiger partial charge in [-0.05, 0) is 38.0 Å². The SMILES string of the molecule is CC(=O)c1ccc(N)cc1C(=O)N(CC(=O)O)C1CCCC1. The van der Waals surface area contributed by atoms with Crippen LogP contribution in [0.1, 0.15) is 53.3 Å². The zero-order chi connectivity index (χ0) is 16.3. The fraction of sp³-hybridized carbons (Fsp3) is 0.438. The highest BCUT2D eigenvalue weighted by molar-refractivity contribution is 6.08. The third-order valence-corrected chi connectivity index (χ3v) is 3.99. The summed E-state index contributed by atoms with van der Waals surface area (Å²) in [4.78, 5) is 37.0. The number of Topliss-reactive ketones (excluding diaryl/α,β-unsaturated/α-hetero) is 1. The van der Waals surface area contributed by atoms with E-state index < -0.39 is 11.9 Å². The molecule has 0 aromatic heterocycles. The Bertz CT molecular complexity index is 606. The van der Waals surface area contributed by atoms with Gasteiger partial charge < -0.3 is 15.7 Å². The van der Waals surface area contributed by atoms with Crippen molar-refractivity contribution in [3.05, 3.63) is 29.3 Å². The molecule has 6 nitrogen and oxygen atoms in total. The number of carboxylic acid groups (broad SMARTS) is 1. The van der Waals surface area contributed by atoms with Gasteiger partial charge in [0, 0.05) is 17.3 Å². The van der Waals surface area contributed by atoms with Crippen molar-refractivity contribution < 1.29 is 19.5 Å². The second-order valence-corrected chi connectivity index (χ2v) is 5.63. The molecule has 1 aliphatic carbocycles. The number of nitrogens with two attached hydrogens (primary N) is 1. The highest BCUT2D eigenvalue weighted by Gasteiger charge is 2.30.